The van der Waals surface area contributed by atoms with Crippen LogP contribution in [-0.2, 0) is 10.0 Å². The minimum absolute atomic E-state index is 0.193. The Bertz CT molecular complexity index is 1630. The lowest BCUT2D eigenvalue weighted by Crippen LogP contribution is -2.26. The fraction of sp³-hybridized carbons (Fsp3) is 0.143. The monoisotopic (exact) mass is 568 g/mol. The minimum Gasteiger partial charge on any atom is -0.316 e. The van der Waals surface area contributed by atoms with Crippen molar-refractivity contribution in [3.8, 4) is 5.69 Å². The molecule has 196 valence electrons. The van der Waals surface area contributed by atoms with Gasteiger partial charge in [-0.25, -0.2) is 13.8 Å². The molecule has 7 nitrogen and oxygen atoms in total. The van der Waals surface area contributed by atoms with E-state index in [0.29, 0.717) is 21.3 Å². The Morgan fingerprint density at radius 1 is 0.974 bits per heavy atom. The molecule has 0 atom stereocenters. The summed E-state index contributed by atoms with van der Waals surface area (Å²) in [6.45, 7) is 5.76. The molecule has 4 aromatic rings. The Hall–Kier alpha value is -3.59. The summed E-state index contributed by atoms with van der Waals surface area (Å²) in [5.41, 5.74) is 7.62. The molecule has 0 saturated carbocycles. The summed E-state index contributed by atoms with van der Waals surface area (Å²) >= 11 is 12.6. The van der Waals surface area contributed by atoms with E-state index in [1.54, 1.807) is 60.8 Å². The third-order valence-corrected chi connectivity index (χ3v) is 8.79. The lowest BCUT2D eigenvalue weighted by atomic mass is 10.2. The largest absolute Gasteiger partial charge is 0.316 e. The number of carbonyl (C=O) groups is 1. The molecule has 1 amide bonds. The Morgan fingerprint density at radius 3 is 2.29 bits per heavy atom. The van der Waals surface area contributed by atoms with E-state index in [1.807, 2.05) is 43.5 Å². The number of hydrazone groups is 1. The van der Waals surface area contributed by atoms with Gasteiger partial charge in [-0.1, -0.05) is 47.0 Å². The predicted octanol–water partition coefficient (Wildman–Crippen LogP) is 6.30. The zero-order valence-electron chi connectivity index (χ0n) is 21.2. The molecule has 1 aromatic heterocycles. The van der Waals surface area contributed by atoms with E-state index >= 15 is 0 Å². The number of halogens is 2. The number of sulfonamides is 1. The topological polar surface area (TPSA) is 83.8 Å². The van der Waals surface area contributed by atoms with E-state index in [9.17, 15) is 13.2 Å². The zero-order chi connectivity index (χ0) is 27.6. The number of benzene rings is 3. The van der Waals surface area contributed by atoms with Gasteiger partial charge in [-0.05, 0) is 75.4 Å². The minimum atomic E-state index is -3.73. The lowest BCUT2D eigenvalue weighted by molar-refractivity contribution is 0.0955. The number of amides is 1. The number of rotatable bonds is 7. The van der Waals surface area contributed by atoms with Gasteiger partial charge in [0.2, 0.25) is 0 Å². The first kappa shape index (κ1) is 27.4. The molecule has 0 aliphatic rings. The number of aromatic nitrogens is 1. The SMILES string of the molecule is Cc1ccc(S(=O)(=O)N(C)c2ccc(C(=O)N/N=C\c3cc(C)n(-c4cccc(Cl)c4Cl)c3C)cc2)cc1. The molecule has 38 heavy (non-hydrogen) atoms. The number of nitrogens with one attached hydrogen (secondary N) is 1. The van der Waals surface area contributed by atoms with Crippen LogP contribution >= 0.6 is 23.2 Å². The third kappa shape index (κ3) is 5.48. The molecule has 0 saturated heterocycles. The van der Waals surface area contributed by atoms with E-state index in [-0.39, 0.29) is 4.90 Å². The van der Waals surface area contributed by atoms with E-state index in [4.69, 9.17) is 23.2 Å². The molecule has 0 radical (unpaired) electrons. The van der Waals surface area contributed by atoms with Crippen molar-refractivity contribution in [2.75, 3.05) is 11.4 Å². The van der Waals surface area contributed by atoms with Crippen molar-refractivity contribution in [1.82, 2.24) is 9.99 Å². The molecule has 4 rings (SSSR count). The second-order valence-corrected chi connectivity index (χ2v) is 11.5. The van der Waals surface area contributed by atoms with E-state index < -0.39 is 15.9 Å². The van der Waals surface area contributed by atoms with Crippen LogP contribution in [-0.4, -0.2) is 32.2 Å². The molecule has 10 heteroatoms. The van der Waals surface area contributed by atoms with Gasteiger partial charge in [-0.3, -0.25) is 9.10 Å². The molecule has 0 unspecified atom stereocenters. The third-order valence-electron chi connectivity index (χ3n) is 6.18. The maximum Gasteiger partial charge on any atom is 0.271 e. The smallest absolute Gasteiger partial charge is 0.271 e. The quantitative estimate of drug-likeness (QED) is 0.210. The summed E-state index contributed by atoms with van der Waals surface area (Å²) in [5.74, 6) is -0.427. The van der Waals surface area contributed by atoms with Crippen LogP contribution in [0.5, 0.6) is 0 Å². The first-order valence-corrected chi connectivity index (χ1v) is 13.8. The lowest BCUT2D eigenvalue weighted by Gasteiger charge is -2.19. The van der Waals surface area contributed by atoms with Crippen LogP contribution in [0.2, 0.25) is 10.0 Å². The average Bonchev–Trinajstić information content (AvgIpc) is 3.18. The van der Waals surface area contributed by atoms with Crippen LogP contribution in [0.25, 0.3) is 5.69 Å². The number of anilines is 1. The van der Waals surface area contributed by atoms with Gasteiger partial charge >= 0.3 is 0 Å². The van der Waals surface area contributed by atoms with Gasteiger partial charge in [0.25, 0.3) is 15.9 Å². The highest BCUT2D eigenvalue weighted by Gasteiger charge is 2.21. The molecule has 0 bridgehead atoms. The van der Waals surface area contributed by atoms with Crippen molar-refractivity contribution in [1.29, 1.82) is 0 Å². The van der Waals surface area contributed by atoms with Crippen LogP contribution in [0.15, 0.2) is 82.8 Å². The van der Waals surface area contributed by atoms with Crippen molar-refractivity contribution in [3.05, 3.63) is 111 Å². The van der Waals surface area contributed by atoms with Crippen molar-refractivity contribution < 1.29 is 13.2 Å². The second-order valence-electron chi connectivity index (χ2n) is 8.77. The summed E-state index contributed by atoms with van der Waals surface area (Å²) in [7, 11) is -2.25. The van der Waals surface area contributed by atoms with Crippen LogP contribution in [0.4, 0.5) is 5.69 Å². The Kier molecular flexibility index (Phi) is 7.97. The predicted molar refractivity (Wildman–Crippen MR) is 154 cm³/mol. The van der Waals surface area contributed by atoms with Crippen LogP contribution in [0.3, 0.4) is 0 Å². The van der Waals surface area contributed by atoms with Crippen LogP contribution in [0, 0.1) is 20.8 Å². The summed E-state index contributed by atoms with van der Waals surface area (Å²) in [5, 5.41) is 5.02. The maximum atomic E-state index is 12.9. The van der Waals surface area contributed by atoms with E-state index in [2.05, 4.69) is 10.5 Å². The first-order chi connectivity index (χ1) is 18.0. The summed E-state index contributed by atoms with van der Waals surface area (Å²) in [6, 6.07) is 20.3. The molecular formula is C28H26Cl2N4O3S. The fourth-order valence-corrected chi connectivity index (χ4v) is 5.58. The fourth-order valence-electron chi connectivity index (χ4n) is 4.01. The normalized spacial score (nSPS) is 11.6. The molecule has 0 aliphatic carbocycles. The van der Waals surface area contributed by atoms with Crippen molar-refractivity contribution in [2.45, 2.75) is 25.7 Å². The number of aryl methyl sites for hydroxylation is 2. The van der Waals surface area contributed by atoms with Crippen molar-refractivity contribution in [3.63, 3.8) is 0 Å². The first-order valence-electron chi connectivity index (χ1n) is 11.6. The van der Waals surface area contributed by atoms with Gasteiger partial charge in [0.15, 0.2) is 0 Å². The molecule has 1 heterocycles. The molecule has 0 fully saturated rings. The highest BCUT2D eigenvalue weighted by molar-refractivity contribution is 7.92. The highest BCUT2D eigenvalue weighted by Crippen LogP contribution is 2.31. The van der Waals surface area contributed by atoms with Crippen LogP contribution < -0.4 is 9.73 Å². The van der Waals surface area contributed by atoms with E-state index in [1.165, 1.54) is 11.4 Å². The van der Waals surface area contributed by atoms with Gasteiger partial charge in [-0.2, -0.15) is 5.10 Å². The van der Waals surface area contributed by atoms with Crippen LogP contribution in [0.1, 0.15) is 32.9 Å². The van der Waals surface area contributed by atoms with Gasteiger partial charge < -0.3 is 4.57 Å². The Morgan fingerprint density at radius 2 is 1.63 bits per heavy atom. The zero-order valence-corrected chi connectivity index (χ0v) is 23.6. The van der Waals surface area contributed by atoms with Gasteiger partial charge in [-0.15, -0.1) is 0 Å². The Labute approximate surface area is 232 Å². The Balaban J connectivity index is 1.46. The number of carbonyl (C=O) groups excluding carboxylic acids is 1. The molecule has 3 aromatic carbocycles. The van der Waals surface area contributed by atoms with Gasteiger partial charge in [0, 0.05) is 29.6 Å². The summed E-state index contributed by atoms with van der Waals surface area (Å²) in [4.78, 5) is 12.8. The molecular weight excluding hydrogens is 543 g/mol. The molecule has 1 N–H and O–H groups in total. The standard InChI is InChI=1S/C28H26Cl2N4O3S/c1-18-8-14-24(15-9-18)38(36,37)33(4)23-12-10-21(11-13-23)28(35)32-31-17-22-16-19(2)34(20(22)3)26-7-5-6-25(29)27(26)30/h5-17H,1-4H3,(H,32,35)/b31-17-. The summed E-state index contributed by atoms with van der Waals surface area (Å²) in [6.07, 6.45) is 1.56. The van der Waals surface area contributed by atoms with E-state index in [0.717, 1.165) is 28.2 Å². The van der Waals surface area contributed by atoms with Crippen molar-refractivity contribution in [2.24, 2.45) is 5.10 Å². The number of nitrogens with zero attached hydrogens (tertiary/aromatic N) is 3. The second kappa shape index (κ2) is 11.0. The maximum absolute atomic E-state index is 12.9. The highest BCUT2D eigenvalue weighted by atomic mass is 35.5. The number of hydrogen-bond acceptors (Lipinski definition) is 4. The van der Waals surface area contributed by atoms with Gasteiger partial charge in [0.1, 0.15) is 0 Å². The average molecular weight is 570 g/mol. The van der Waals surface area contributed by atoms with Gasteiger partial charge in [0.05, 0.1) is 32.5 Å². The molecule has 0 aliphatic heterocycles. The number of hydrogen-bond donors (Lipinski definition) is 1. The van der Waals surface area contributed by atoms with Crippen molar-refractivity contribution >= 4 is 51.0 Å². The molecule has 0 spiro atoms. The summed E-state index contributed by atoms with van der Waals surface area (Å²) < 4.78 is 29.0.